The Hall–Kier alpha value is -2.30. The van der Waals surface area contributed by atoms with Crippen LogP contribution in [-0.4, -0.2) is 43.5 Å². The number of carbonyl (C=O) groups is 1. The Morgan fingerprint density at radius 2 is 2.03 bits per heavy atom. The highest BCUT2D eigenvalue weighted by Crippen LogP contribution is 2.26. The Morgan fingerprint density at radius 1 is 1.32 bits per heavy atom. The van der Waals surface area contributed by atoms with Crippen LogP contribution in [0.1, 0.15) is 32.3 Å². The van der Waals surface area contributed by atoms with Crippen molar-refractivity contribution in [3.8, 4) is 0 Å². The number of anilines is 2. The maximum absolute atomic E-state index is 13.2. The molecule has 0 bridgehead atoms. The normalized spacial score (nSPS) is 15.1. The van der Waals surface area contributed by atoms with Gasteiger partial charge >= 0.3 is 16.2 Å². The van der Waals surface area contributed by atoms with Crippen LogP contribution in [0.5, 0.6) is 0 Å². The van der Waals surface area contributed by atoms with E-state index in [1.54, 1.807) is 25.4 Å². The zero-order chi connectivity index (χ0) is 22.6. The number of aryl methyl sites for hydroxylation is 1. The van der Waals surface area contributed by atoms with Crippen LogP contribution in [0.15, 0.2) is 30.6 Å². The lowest BCUT2D eigenvalue weighted by Crippen LogP contribution is -2.51. The van der Waals surface area contributed by atoms with E-state index in [0.29, 0.717) is 48.4 Å². The van der Waals surface area contributed by atoms with E-state index in [1.165, 1.54) is 15.2 Å². The Balaban J connectivity index is 1.78. The standard InChI is InChI=1S/C20H28ClN5O4S/c1-14(2)8-15-9-16(21)11-17(10-15)23-20(27)24-31(28,29)26(18-4-6-30-7-5-18)19-12-22-25(3)13-19/h9-14,18H,4-8H2,1-3H3,(H2,23,24,27). The fourth-order valence-electron chi connectivity index (χ4n) is 3.62. The molecule has 0 spiro atoms. The van der Waals surface area contributed by atoms with Crippen LogP contribution < -0.4 is 14.3 Å². The number of nitrogens with zero attached hydrogens (tertiary/aromatic N) is 3. The largest absolute Gasteiger partial charge is 0.381 e. The number of ether oxygens (including phenoxy) is 1. The van der Waals surface area contributed by atoms with E-state index in [4.69, 9.17) is 16.3 Å². The van der Waals surface area contributed by atoms with E-state index in [0.717, 1.165) is 12.0 Å². The number of hydrogen-bond acceptors (Lipinski definition) is 5. The van der Waals surface area contributed by atoms with Crippen molar-refractivity contribution in [1.29, 1.82) is 0 Å². The van der Waals surface area contributed by atoms with Crippen LogP contribution in [-0.2, 0) is 28.4 Å². The van der Waals surface area contributed by atoms with Crippen molar-refractivity contribution in [3.63, 3.8) is 0 Å². The van der Waals surface area contributed by atoms with E-state index in [9.17, 15) is 13.2 Å². The summed E-state index contributed by atoms with van der Waals surface area (Å²) < 4.78 is 36.5. The van der Waals surface area contributed by atoms with Crippen molar-refractivity contribution < 1.29 is 17.9 Å². The molecule has 1 fully saturated rings. The van der Waals surface area contributed by atoms with Gasteiger partial charge in [-0.2, -0.15) is 13.5 Å². The SMILES string of the molecule is CC(C)Cc1cc(Cl)cc(NC(=O)NS(=O)(=O)N(c2cnn(C)c2)C2CCOCC2)c1. The average Bonchev–Trinajstić information content (AvgIpc) is 3.06. The van der Waals surface area contributed by atoms with Crippen molar-refractivity contribution >= 4 is 39.2 Å². The van der Waals surface area contributed by atoms with Crippen molar-refractivity contribution in [2.45, 2.75) is 39.2 Å². The molecule has 1 saturated heterocycles. The second kappa shape index (κ2) is 9.88. The molecule has 2 heterocycles. The Kier molecular flexibility index (Phi) is 7.45. The summed E-state index contributed by atoms with van der Waals surface area (Å²) in [7, 11) is -2.49. The van der Waals surface area contributed by atoms with Gasteiger partial charge in [-0.1, -0.05) is 25.4 Å². The van der Waals surface area contributed by atoms with Gasteiger partial charge in [-0.15, -0.1) is 0 Å². The van der Waals surface area contributed by atoms with Gasteiger partial charge in [0, 0.05) is 37.2 Å². The summed E-state index contributed by atoms with van der Waals surface area (Å²) in [6, 6.07) is 3.99. The molecule has 0 unspecified atom stereocenters. The summed E-state index contributed by atoms with van der Waals surface area (Å²) in [5.41, 5.74) is 1.77. The molecule has 0 radical (unpaired) electrons. The monoisotopic (exact) mass is 469 g/mol. The molecule has 31 heavy (non-hydrogen) atoms. The molecule has 2 aromatic rings. The van der Waals surface area contributed by atoms with Crippen LogP contribution in [0.2, 0.25) is 5.02 Å². The molecule has 1 aliphatic rings. The summed E-state index contributed by atoms with van der Waals surface area (Å²) in [5, 5.41) is 7.12. The number of benzene rings is 1. The summed E-state index contributed by atoms with van der Waals surface area (Å²) in [5.74, 6) is 0.410. The summed E-state index contributed by atoms with van der Waals surface area (Å²) in [4.78, 5) is 12.6. The van der Waals surface area contributed by atoms with Crippen LogP contribution >= 0.6 is 11.6 Å². The lowest BCUT2D eigenvalue weighted by atomic mass is 10.0. The van der Waals surface area contributed by atoms with Crippen LogP contribution in [0.4, 0.5) is 16.2 Å². The van der Waals surface area contributed by atoms with Gasteiger partial charge in [-0.25, -0.2) is 13.8 Å². The number of carbonyl (C=O) groups excluding carboxylic acids is 1. The summed E-state index contributed by atoms with van der Waals surface area (Å²) in [6.45, 7) is 5.06. The summed E-state index contributed by atoms with van der Waals surface area (Å²) >= 11 is 6.17. The van der Waals surface area contributed by atoms with E-state index in [-0.39, 0.29) is 6.04 Å². The number of hydrogen-bond donors (Lipinski definition) is 2. The fourth-order valence-corrected chi connectivity index (χ4v) is 5.24. The molecule has 1 aromatic carbocycles. The molecule has 1 aromatic heterocycles. The molecule has 0 atom stereocenters. The minimum absolute atomic E-state index is 0.341. The number of amides is 2. The van der Waals surface area contributed by atoms with Gasteiger partial charge in [0.15, 0.2) is 0 Å². The number of urea groups is 1. The van der Waals surface area contributed by atoms with Gasteiger partial charge in [0.25, 0.3) is 0 Å². The van der Waals surface area contributed by atoms with E-state index < -0.39 is 16.2 Å². The van der Waals surface area contributed by atoms with Crippen molar-refractivity contribution in [1.82, 2.24) is 14.5 Å². The highest BCUT2D eigenvalue weighted by atomic mass is 35.5. The quantitative estimate of drug-likeness (QED) is 0.647. The van der Waals surface area contributed by atoms with E-state index in [2.05, 4.69) is 29.0 Å². The predicted molar refractivity (Wildman–Crippen MR) is 121 cm³/mol. The minimum Gasteiger partial charge on any atom is -0.381 e. The van der Waals surface area contributed by atoms with Gasteiger partial charge in [-0.3, -0.25) is 4.68 Å². The second-order valence-electron chi connectivity index (χ2n) is 8.02. The first-order valence-electron chi connectivity index (χ1n) is 10.1. The Labute approximate surface area is 187 Å². The molecular weight excluding hydrogens is 442 g/mol. The van der Waals surface area contributed by atoms with Crippen LogP contribution in [0, 0.1) is 5.92 Å². The van der Waals surface area contributed by atoms with Crippen molar-refractivity contribution in [2.75, 3.05) is 22.8 Å². The first-order chi connectivity index (χ1) is 14.6. The topological polar surface area (TPSA) is 106 Å². The summed E-state index contributed by atoms with van der Waals surface area (Å²) in [6.07, 6.45) is 4.88. The lowest BCUT2D eigenvalue weighted by Gasteiger charge is -2.33. The Bertz CT molecular complexity index is 1020. The maximum Gasteiger partial charge on any atom is 0.334 e. The second-order valence-corrected chi connectivity index (χ2v) is 10.0. The molecule has 2 amide bonds. The number of halogens is 1. The molecule has 170 valence electrons. The smallest absolute Gasteiger partial charge is 0.334 e. The number of nitrogens with one attached hydrogen (secondary N) is 2. The fraction of sp³-hybridized carbons (Fsp3) is 0.500. The minimum atomic E-state index is -4.19. The Morgan fingerprint density at radius 3 is 2.65 bits per heavy atom. The van der Waals surface area contributed by atoms with Gasteiger partial charge < -0.3 is 10.1 Å². The molecule has 0 aliphatic carbocycles. The highest BCUT2D eigenvalue weighted by Gasteiger charge is 2.33. The third-order valence-corrected chi connectivity index (χ3v) is 6.50. The van der Waals surface area contributed by atoms with Crippen LogP contribution in [0.3, 0.4) is 0 Å². The van der Waals surface area contributed by atoms with Gasteiger partial charge in [-0.05, 0) is 48.9 Å². The predicted octanol–water partition coefficient (Wildman–Crippen LogP) is 3.32. The molecule has 11 heteroatoms. The molecule has 2 N–H and O–H groups in total. The molecule has 3 rings (SSSR count). The molecular formula is C20H28ClN5O4S. The average molecular weight is 470 g/mol. The zero-order valence-corrected chi connectivity index (χ0v) is 19.4. The third kappa shape index (κ3) is 6.34. The molecule has 9 nitrogen and oxygen atoms in total. The molecule has 1 aliphatic heterocycles. The van der Waals surface area contributed by atoms with Gasteiger partial charge in [0.2, 0.25) is 0 Å². The third-order valence-electron chi connectivity index (χ3n) is 4.81. The maximum atomic E-state index is 13.2. The van der Waals surface area contributed by atoms with E-state index in [1.807, 2.05) is 6.07 Å². The zero-order valence-electron chi connectivity index (χ0n) is 17.8. The van der Waals surface area contributed by atoms with Crippen molar-refractivity contribution in [2.24, 2.45) is 13.0 Å². The van der Waals surface area contributed by atoms with E-state index >= 15 is 0 Å². The first-order valence-corrected chi connectivity index (χ1v) is 11.9. The van der Waals surface area contributed by atoms with Crippen LogP contribution in [0.25, 0.3) is 0 Å². The highest BCUT2D eigenvalue weighted by molar-refractivity contribution is 7.91. The number of rotatable bonds is 7. The van der Waals surface area contributed by atoms with Gasteiger partial charge in [0.05, 0.1) is 17.9 Å². The number of aromatic nitrogens is 2. The van der Waals surface area contributed by atoms with Gasteiger partial charge in [0.1, 0.15) is 0 Å². The lowest BCUT2D eigenvalue weighted by molar-refractivity contribution is 0.0875. The molecule has 0 saturated carbocycles. The van der Waals surface area contributed by atoms with Crippen molar-refractivity contribution in [3.05, 3.63) is 41.2 Å². The first kappa shape index (κ1) is 23.4.